The van der Waals surface area contributed by atoms with E-state index in [2.05, 4.69) is 17.6 Å². The van der Waals surface area contributed by atoms with Gasteiger partial charge in [-0.15, -0.1) is 0 Å². The number of benzene rings is 2. The standard InChI is InChI=1S/C21H23N3O2/c1-3-16-4-8-19(9-5-16)24-15-18(14-22)21(25)23-13-12-17-6-10-20(26-2)11-7-17/h4-11,15,24H,3,12-13H2,1-2H3,(H,23,25)/b18-15-. The van der Waals surface area contributed by atoms with E-state index in [1.54, 1.807) is 7.11 Å². The highest BCUT2D eigenvalue weighted by Gasteiger charge is 2.08. The molecule has 0 saturated carbocycles. The van der Waals surface area contributed by atoms with Crippen molar-refractivity contribution in [3.8, 4) is 11.8 Å². The molecule has 0 atom stereocenters. The summed E-state index contributed by atoms with van der Waals surface area (Å²) in [6, 6.07) is 17.5. The fourth-order valence-electron chi connectivity index (χ4n) is 2.35. The lowest BCUT2D eigenvalue weighted by Gasteiger charge is -2.06. The van der Waals surface area contributed by atoms with Gasteiger partial charge in [-0.1, -0.05) is 31.2 Å². The second-order valence-corrected chi connectivity index (χ2v) is 5.72. The summed E-state index contributed by atoms with van der Waals surface area (Å²) in [6.07, 6.45) is 3.08. The molecule has 2 rings (SSSR count). The van der Waals surface area contributed by atoms with E-state index in [1.165, 1.54) is 11.8 Å². The van der Waals surface area contributed by atoms with Crippen molar-refractivity contribution in [2.75, 3.05) is 19.0 Å². The topological polar surface area (TPSA) is 74.2 Å². The van der Waals surface area contributed by atoms with Crippen LogP contribution in [0.25, 0.3) is 0 Å². The number of nitrogens with zero attached hydrogens (tertiary/aromatic N) is 1. The summed E-state index contributed by atoms with van der Waals surface area (Å²) in [7, 11) is 1.62. The number of anilines is 1. The Balaban J connectivity index is 1.85. The van der Waals surface area contributed by atoms with Crippen LogP contribution in [0.1, 0.15) is 18.1 Å². The van der Waals surface area contributed by atoms with Crippen molar-refractivity contribution in [3.63, 3.8) is 0 Å². The number of aryl methyl sites for hydroxylation is 1. The van der Waals surface area contributed by atoms with E-state index in [0.717, 1.165) is 23.4 Å². The van der Waals surface area contributed by atoms with Gasteiger partial charge in [-0.3, -0.25) is 4.79 Å². The molecule has 2 aromatic rings. The van der Waals surface area contributed by atoms with Crippen molar-refractivity contribution in [1.29, 1.82) is 5.26 Å². The minimum atomic E-state index is -0.390. The lowest BCUT2D eigenvalue weighted by molar-refractivity contribution is -0.117. The predicted molar refractivity (Wildman–Crippen MR) is 103 cm³/mol. The number of carbonyl (C=O) groups is 1. The van der Waals surface area contributed by atoms with E-state index < -0.39 is 5.91 Å². The fourth-order valence-corrected chi connectivity index (χ4v) is 2.35. The highest BCUT2D eigenvalue weighted by Crippen LogP contribution is 2.12. The Morgan fingerprint density at radius 2 is 1.77 bits per heavy atom. The number of methoxy groups -OCH3 is 1. The quantitative estimate of drug-likeness (QED) is 0.565. The van der Waals surface area contributed by atoms with Crippen molar-refractivity contribution in [1.82, 2.24) is 5.32 Å². The Bertz CT molecular complexity index is 788. The van der Waals surface area contributed by atoms with Gasteiger partial charge < -0.3 is 15.4 Å². The van der Waals surface area contributed by atoms with Crippen LogP contribution in [0.3, 0.4) is 0 Å². The van der Waals surface area contributed by atoms with Crippen molar-refractivity contribution in [3.05, 3.63) is 71.4 Å². The van der Waals surface area contributed by atoms with Crippen molar-refractivity contribution < 1.29 is 9.53 Å². The average molecular weight is 349 g/mol. The summed E-state index contributed by atoms with van der Waals surface area (Å²) in [5, 5.41) is 15.0. The van der Waals surface area contributed by atoms with Crippen LogP contribution in [0.15, 0.2) is 60.3 Å². The molecule has 0 spiro atoms. The van der Waals surface area contributed by atoms with E-state index in [-0.39, 0.29) is 5.57 Å². The highest BCUT2D eigenvalue weighted by atomic mass is 16.5. The average Bonchev–Trinajstić information content (AvgIpc) is 2.69. The fraction of sp³-hybridized carbons (Fsp3) is 0.238. The zero-order valence-electron chi connectivity index (χ0n) is 15.1. The summed E-state index contributed by atoms with van der Waals surface area (Å²) in [5.41, 5.74) is 3.19. The van der Waals surface area contributed by atoms with Crippen LogP contribution in [0, 0.1) is 11.3 Å². The van der Waals surface area contributed by atoms with Crippen LogP contribution in [-0.2, 0) is 17.6 Å². The molecule has 0 heterocycles. The van der Waals surface area contributed by atoms with Gasteiger partial charge in [0.25, 0.3) is 5.91 Å². The van der Waals surface area contributed by atoms with Crippen molar-refractivity contribution in [2.24, 2.45) is 0 Å². The summed E-state index contributed by atoms with van der Waals surface area (Å²) in [4.78, 5) is 12.1. The third-order valence-electron chi connectivity index (χ3n) is 3.97. The first-order valence-electron chi connectivity index (χ1n) is 8.53. The minimum absolute atomic E-state index is 0.0410. The van der Waals surface area contributed by atoms with Gasteiger partial charge in [-0.2, -0.15) is 5.26 Å². The van der Waals surface area contributed by atoms with Crippen LogP contribution in [-0.4, -0.2) is 19.6 Å². The molecule has 5 heteroatoms. The summed E-state index contributed by atoms with van der Waals surface area (Å²) >= 11 is 0. The first-order valence-corrected chi connectivity index (χ1v) is 8.53. The number of rotatable bonds is 8. The molecule has 5 nitrogen and oxygen atoms in total. The normalized spacial score (nSPS) is 10.7. The van der Waals surface area contributed by atoms with E-state index >= 15 is 0 Å². The van der Waals surface area contributed by atoms with Crippen molar-refractivity contribution in [2.45, 2.75) is 19.8 Å². The Kier molecular flexibility index (Phi) is 7.26. The number of hydrogen-bond donors (Lipinski definition) is 2. The SMILES string of the molecule is CCc1ccc(N/C=C(/C#N)C(=O)NCCc2ccc(OC)cc2)cc1. The first-order chi connectivity index (χ1) is 12.7. The number of hydrogen-bond acceptors (Lipinski definition) is 4. The van der Waals surface area contributed by atoms with Gasteiger partial charge in [0.1, 0.15) is 17.4 Å². The molecular weight excluding hydrogens is 326 g/mol. The second-order valence-electron chi connectivity index (χ2n) is 5.72. The molecule has 2 N–H and O–H groups in total. The molecule has 0 bridgehead atoms. The van der Waals surface area contributed by atoms with Crippen LogP contribution >= 0.6 is 0 Å². The van der Waals surface area contributed by atoms with E-state index in [0.29, 0.717) is 13.0 Å². The molecule has 0 aliphatic rings. The molecule has 0 aliphatic carbocycles. The van der Waals surface area contributed by atoms with E-state index in [9.17, 15) is 10.1 Å². The number of nitriles is 1. The highest BCUT2D eigenvalue weighted by molar-refractivity contribution is 5.97. The maximum Gasteiger partial charge on any atom is 0.263 e. The number of amides is 1. The smallest absolute Gasteiger partial charge is 0.263 e. The summed E-state index contributed by atoms with van der Waals surface area (Å²) in [6.45, 7) is 2.54. The molecule has 0 saturated heterocycles. The maximum atomic E-state index is 12.1. The lowest BCUT2D eigenvalue weighted by atomic mass is 10.1. The second kappa shape index (κ2) is 9.90. The molecule has 0 unspecified atom stereocenters. The van der Waals surface area contributed by atoms with Crippen LogP contribution in [0.5, 0.6) is 5.75 Å². The molecule has 0 radical (unpaired) electrons. The Morgan fingerprint density at radius 1 is 1.12 bits per heavy atom. The molecule has 26 heavy (non-hydrogen) atoms. The number of ether oxygens (including phenoxy) is 1. The van der Waals surface area contributed by atoms with Gasteiger partial charge in [-0.05, 0) is 48.2 Å². The zero-order chi connectivity index (χ0) is 18.8. The molecule has 0 fully saturated rings. The molecule has 134 valence electrons. The zero-order valence-corrected chi connectivity index (χ0v) is 15.1. The third-order valence-corrected chi connectivity index (χ3v) is 3.97. The van der Waals surface area contributed by atoms with Gasteiger partial charge in [-0.25, -0.2) is 0 Å². The molecule has 0 aromatic heterocycles. The van der Waals surface area contributed by atoms with Crippen molar-refractivity contribution >= 4 is 11.6 Å². The number of carbonyl (C=O) groups excluding carboxylic acids is 1. The van der Waals surface area contributed by atoms with Crippen LogP contribution in [0.2, 0.25) is 0 Å². The maximum absolute atomic E-state index is 12.1. The molecule has 1 amide bonds. The van der Waals surface area contributed by atoms with Gasteiger partial charge in [0.2, 0.25) is 0 Å². The molecular formula is C21H23N3O2. The lowest BCUT2D eigenvalue weighted by Crippen LogP contribution is -2.27. The Hall–Kier alpha value is -3.26. The predicted octanol–water partition coefficient (Wildman–Crippen LogP) is 3.44. The van der Waals surface area contributed by atoms with E-state index in [4.69, 9.17) is 4.74 Å². The largest absolute Gasteiger partial charge is 0.497 e. The molecule has 2 aromatic carbocycles. The summed E-state index contributed by atoms with van der Waals surface area (Å²) in [5.74, 6) is 0.407. The minimum Gasteiger partial charge on any atom is -0.497 e. The third kappa shape index (κ3) is 5.67. The summed E-state index contributed by atoms with van der Waals surface area (Å²) < 4.78 is 5.11. The van der Waals surface area contributed by atoms with Gasteiger partial charge in [0.05, 0.1) is 7.11 Å². The first kappa shape index (κ1) is 19.1. The Morgan fingerprint density at radius 3 is 2.35 bits per heavy atom. The monoisotopic (exact) mass is 349 g/mol. The molecule has 0 aliphatic heterocycles. The van der Waals surface area contributed by atoms with E-state index in [1.807, 2.05) is 54.6 Å². The van der Waals surface area contributed by atoms with Crippen LogP contribution in [0.4, 0.5) is 5.69 Å². The van der Waals surface area contributed by atoms with Gasteiger partial charge in [0, 0.05) is 18.4 Å². The Labute approximate surface area is 154 Å². The van der Waals surface area contributed by atoms with Gasteiger partial charge in [0.15, 0.2) is 0 Å². The number of nitrogens with one attached hydrogen (secondary N) is 2. The van der Waals surface area contributed by atoms with Gasteiger partial charge >= 0.3 is 0 Å². The van der Waals surface area contributed by atoms with Crippen LogP contribution < -0.4 is 15.4 Å².